The van der Waals surface area contributed by atoms with E-state index in [-0.39, 0.29) is 0 Å². The molecule has 1 heterocycles. The van der Waals surface area contributed by atoms with Crippen molar-refractivity contribution in [3.05, 3.63) is 0 Å². The maximum Gasteiger partial charge on any atom is 0.120 e. The number of alkyl halides is 1. The highest BCUT2D eigenvalue weighted by Crippen LogP contribution is 2.24. The lowest BCUT2D eigenvalue weighted by Crippen LogP contribution is -2.40. The third-order valence-corrected chi connectivity index (χ3v) is 2.66. The van der Waals surface area contributed by atoms with Gasteiger partial charge in [0.25, 0.3) is 0 Å². The molecular weight excluding hydrogens is 153 g/mol. The van der Waals surface area contributed by atoms with Crippen molar-refractivity contribution in [2.75, 3.05) is 13.1 Å². The van der Waals surface area contributed by atoms with Crippen molar-refractivity contribution < 1.29 is 4.39 Å². The summed E-state index contributed by atoms with van der Waals surface area (Å²) in [6.07, 6.45) is 2.92. The second-order valence-corrected chi connectivity index (χ2v) is 4.43. The molecule has 0 N–H and O–H groups in total. The summed E-state index contributed by atoms with van der Waals surface area (Å²) in [5, 5.41) is 0. The van der Waals surface area contributed by atoms with Gasteiger partial charge in [0.1, 0.15) is 5.67 Å². The first kappa shape index (κ1) is 9.97. The topological polar surface area (TPSA) is 3.24 Å². The quantitative estimate of drug-likeness (QED) is 0.589. The summed E-state index contributed by atoms with van der Waals surface area (Å²) in [4.78, 5) is 2.24. The highest BCUT2D eigenvalue weighted by atomic mass is 19.1. The van der Waals surface area contributed by atoms with E-state index in [0.717, 1.165) is 25.8 Å². The fourth-order valence-corrected chi connectivity index (χ4v) is 1.83. The second-order valence-electron chi connectivity index (χ2n) is 4.43. The first-order valence-electron chi connectivity index (χ1n) is 4.94. The predicted molar refractivity (Wildman–Crippen MR) is 50.1 cm³/mol. The molecule has 0 bridgehead atoms. The van der Waals surface area contributed by atoms with Crippen molar-refractivity contribution in [1.29, 1.82) is 0 Å². The number of hydrogen-bond acceptors (Lipinski definition) is 1. The Kier molecular flexibility index (Phi) is 3.10. The summed E-state index contributed by atoms with van der Waals surface area (Å²) in [6.45, 7) is 7.69. The van der Waals surface area contributed by atoms with Crippen molar-refractivity contribution in [3.8, 4) is 0 Å². The van der Waals surface area contributed by atoms with E-state index in [9.17, 15) is 4.39 Å². The Morgan fingerprint density at radius 3 is 2.58 bits per heavy atom. The molecule has 1 rings (SSSR count). The zero-order valence-electron chi connectivity index (χ0n) is 8.44. The van der Waals surface area contributed by atoms with Crippen LogP contribution in [0.25, 0.3) is 0 Å². The van der Waals surface area contributed by atoms with E-state index < -0.39 is 5.67 Å². The molecule has 1 saturated heterocycles. The van der Waals surface area contributed by atoms with Gasteiger partial charge in [-0.15, -0.1) is 0 Å². The van der Waals surface area contributed by atoms with Crippen LogP contribution in [0.4, 0.5) is 4.39 Å². The van der Waals surface area contributed by atoms with Gasteiger partial charge in [0.2, 0.25) is 0 Å². The van der Waals surface area contributed by atoms with Gasteiger partial charge in [-0.25, -0.2) is 4.39 Å². The fraction of sp³-hybridized carbons (Fsp3) is 1.00. The highest BCUT2D eigenvalue weighted by molar-refractivity contribution is 4.82. The van der Waals surface area contributed by atoms with Crippen LogP contribution in [0.3, 0.4) is 0 Å². The molecule has 1 aliphatic rings. The van der Waals surface area contributed by atoms with Crippen molar-refractivity contribution >= 4 is 0 Å². The van der Waals surface area contributed by atoms with Gasteiger partial charge in [0.05, 0.1) is 0 Å². The minimum Gasteiger partial charge on any atom is -0.298 e. The molecule has 2 heteroatoms. The Morgan fingerprint density at radius 2 is 2.00 bits per heavy atom. The second kappa shape index (κ2) is 3.73. The molecule has 0 saturated carbocycles. The van der Waals surface area contributed by atoms with Crippen LogP contribution in [-0.2, 0) is 0 Å². The fourth-order valence-electron chi connectivity index (χ4n) is 1.83. The molecule has 1 unspecified atom stereocenters. The van der Waals surface area contributed by atoms with E-state index in [4.69, 9.17) is 0 Å². The predicted octanol–water partition coefficient (Wildman–Crippen LogP) is 2.61. The molecule has 1 fully saturated rings. The van der Waals surface area contributed by atoms with Crippen molar-refractivity contribution in [1.82, 2.24) is 4.90 Å². The van der Waals surface area contributed by atoms with Crippen LogP contribution in [0.5, 0.6) is 0 Å². The van der Waals surface area contributed by atoms with Gasteiger partial charge < -0.3 is 0 Å². The lowest BCUT2D eigenvalue weighted by Gasteiger charge is -2.29. The van der Waals surface area contributed by atoms with Gasteiger partial charge in [-0.2, -0.15) is 0 Å². The lowest BCUT2D eigenvalue weighted by atomic mass is 10.0. The largest absolute Gasteiger partial charge is 0.298 e. The number of halogens is 1. The number of nitrogens with zero attached hydrogens (tertiary/aromatic N) is 1. The molecule has 1 atom stereocenters. The minimum absolute atomic E-state index is 0.484. The third-order valence-electron chi connectivity index (χ3n) is 2.66. The van der Waals surface area contributed by atoms with E-state index in [2.05, 4.69) is 18.7 Å². The van der Waals surface area contributed by atoms with Gasteiger partial charge >= 0.3 is 0 Å². The van der Waals surface area contributed by atoms with Crippen LogP contribution in [-0.4, -0.2) is 29.7 Å². The normalized spacial score (nSPS) is 33.8. The van der Waals surface area contributed by atoms with Crippen molar-refractivity contribution in [2.24, 2.45) is 0 Å². The summed E-state index contributed by atoms with van der Waals surface area (Å²) < 4.78 is 13.7. The van der Waals surface area contributed by atoms with E-state index in [0.29, 0.717) is 12.6 Å². The third kappa shape index (κ3) is 2.74. The van der Waals surface area contributed by atoms with Gasteiger partial charge in [-0.05, 0) is 46.6 Å². The van der Waals surface area contributed by atoms with E-state index in [1.165, 1.54) is 0 Å². The average molecular weight is 173 g/mol. The monoisotopic (exact) mass is 173 g/mol. The maximum atomic E-state index is 13.7. The first-order chi connectivity index (χ1) is 5.51. The average Bonchev–Trinajstić information content (AvgIpc) is 2.10. The zero-order chi connectivity index (χ0) is 9.19. The van der Waals surface area contributed by atoms with Gasteiger partial charge in [0.15, 0.2) is 0 Å². The minimum atomic E-state index is -0.958. The van der Waals surface area contributed by atoms with Crippen LogP contribution in [0.2, 0.25) is 0 Å². The molecule has 0 spiro atoms. The van der Waals surface area contributed by atoms with E-state index in [1.54, 1.807) is 6.92 Å². The Bertz CT molecular complexity index is 143. The first-order valence-corrected chi connectivity index (χ1v) is 4.94. The lowest BCUT2D eigenvalue weighted by molar-refractivity contribution is 0.101. The molecule has 0 aromatic carbocycles. The summed E-state index contributed by atoms with van der Waals surface area (Å²) in [6, 6.07) is 0.484. The number of rotatable bonds is 1. The maximum absolute atomic E-state index is 13.7. The van der Waals surface area contributed by atoms with Crippen LogP contribution in [0.15, 0.2) is 0 Å². The molecule has 0 aromatic rings. The Labute approximate surface area is 74.9 Å². The van der Waals surface area contributed by atoms with Crippen LogP contribution in [0.1, 0.15) is 40.0 Å². The molecule has 0 radical (unpaired) electrons. The van der Waals surface area contributed by atoms with Crippen LogP contribution in [0, 0.1) is 0 Å². The number of hydrogen-bond donors (Lipinski definition) is 0. The SMILES string of the molecule is CC(C)N1CCCCC(C)(F)C1. The molecular formula is C10H20FN. The zero-order valence-corrected chi connectivity index (χ0v) is 8.44. The molecule has 72 valence electrons. The standard InChI is InChI=1S/C10H20FN/c1-9(2)12-7-5-4-6-10(3,11)8-12/h9H,4-8H2,1-3H3. The van der Waals surface area contributed by atoms with E-state index in [1.807, 2.05) is 0 Å². The Balaban J connectivity index is 2.54. The summed E-state index contributed by atoms with van der Waals surface area (Å²) >= 11 is 0. The van der Waals surface area contributed by atoms with E-state index >= 15 is 0 Å². The van der Waals surface area contributed by atoms with Crippen LogP contribution >= 0.6 is 0 Å². The summed E-state index contributed by atoms with van der Waals surface area (Å²) in [5.41, 5.74) is -0.958. The van der Waals surface area contributed by atoms with Crippen molar-refractivity contribution in [3.63, 3.8) is 0 Å². The van der Waals surface area contributed by atoms with Gasteiger partial charge in [0, 0.05) is 12.6 Å². The smallest absolute Gasteiger partial charge is 0.120 e. The molecule has 1 aliphatic heterocycles. The highest BCUT2D eigenvalue weighted by Gasteiger charge is 2.29. The summed E-state index contributed by atoms with van der Waals surface area (Å²) in [7, 11) is 0. The van der Waals surface area contributed by atoms with Crippen LogP contribution < -0.4 is 0 Å². The molecule has 1 nitrogen and oxygen atoms in total. The van der Waals surface area contributed by atoms with Gasteiger partial charge in [-0.3, -0.25) is 4.90 Å². The Morgan fingerprint density at radius 1 is 1.33 bits per heavy atom. The molecule has 0 aromatic heterocycles. The Hall–Kier alpha value is -0.110. The summed E-state index contributed by atoms with van der Waals surface area (Å²) in [5.74, 6) is 0. The number of likely N-dealkylation sites (tertiary alicyclic amines) is 1. The molecule has 0 amide bonds. The molecule has 0 aliphatic carbocycles. The molecule has 12 heavy (non-hydrogen) atoms. The van der Waals surface area contributed by atoms with Crippen molar-refractivity contribution in [2.45, 2.75) is 51.7 Å². The van der Waals surface area contributed by atoms with Gasteiger partial charge in [-0.1, -0.05) is 0 Å².